The number of amides is 2. The standard InChI is InChI=1S/C21H26N4O4/c1-24-8-10-25(11-9-24)21(27)17-13-16(14-22-15-17)20(26)23-7-12-29-19-5-3-18(28-2)4-6-19/h3-6,13-15H,7-12H2,1-2H3,(H,23,26). The Bertz CT molecular complexity index is 833. The zero-order chi connectivity index (χ0) is 20.6. The molecule has 1 saturated heterocycles. The number of nitrogens with zero attached hydrogens (tertiary/aromatic N) is 3. The van der Waals surface area contributed by atoms with Gasteiger partial charge in [0.25, 0.3) is 11.8 Å². The van der Waals surface area contributed by atoms with Crippen LogP contribution in [0.15, 0.2) is 42.7 Å². The van der Waals surface area contributed by atoms with E-state index < -0.39 is 0 Å². The van der Waals surface area contributed by atoms with Crippen LogP contribution >= 0.6 is 0 Å². The van der Waals surface area contributed by atoms with Gasteiger partial charge >= 0.3 is 0 Å². The summed E-state index contributed by atoms with van der Waals surface area (Å²) in [5.41, 5.74) is 0.783. The number of likely N-dealkylation sites (N-methyl/N-ethyl adjacent to an activating group) is 1. The molecule has 29 heavy (non-hydrogen) atoms. The fourth-order valence-corrected chi connectivity index (χ4v) is 2.98. The molecule has 0 spiro atoms. The molecule has 8 nitrogen and oxygen atoms in total. The first-order valence-electron chi connectivity index (χ1n) is 9.55. The molecule has 154 valence electrons. The third-order valence-electron chi connectivity index (χ3n) is 4.75. The highest BCUT2D eigenvalue weighted by Crippen LogP contribution is 2.16. The Morgan fingerprint density at radius 2 is 1.69 bits per heavy atom. The lowest BCUT2D eigenvalue weighted by atomic mass is 10.1. The molecule has 0 radical (unpaired) electrons. The first-order chi connectivity index (χ1) is 14.1. The largest absolute Gasteiger partial charge is 0.497 e. The number of hydrogen-bond acceptors (Lipinski definition) is 6. The van der Waals surface area contributed by atoms with Gasteiger partial charge in [-0.2, -0.15) is 0 Å². The summed E-state index contributed by atoms with van der Waals surface area (Å²) in [5, 5.41) is 2.78. The van der Waals surface area contributed by atoms with Gasteiger partial charge in [0.05, 0.1) is 24.8 Å². The van der Waals surface area contributed by atoms with Crippen molar-refractivity contribution < 1.29 is 19.1 Å². The lowest BCUT2D eigenvalue weighted by Crippen LogP contribution is -2.47. The summed E-state index contributed by atoms with van der Waals surface area (Å²) >= 11 is 0. The molecule has 1 N–H and O–H groups in total. The normalized spacial score (nSPS) is 14.3. The Balaban J connectivity index is 1.49. The summed E-state index contributed by atoms with van der Waals surface area (Å²) in [6.07, 6.45) is 2.96. The molecule has 2 amide bonds. The predicted octanol–water partition coefficient (Wildman–Crippen LogP) is 1.29. The average molecular weight is 398 g/mol. The van der Waals surface area contributed by atoms with Crippen LogP contribution in [0, 0.1) is 0 Å². The molecule has 0 unspecified atom stereocenters. The molecule has 2 aromatic rings. The second-order valence-electron chi connectivity index (χ2n) is 6.84. The van der Waals surface area contributed by atoms with Gasteiger partial charge in [-0.05, 0) is 37.4 Å². The minimum Gasteiger partial charge on any atom is -0.497 e. The summed E-state index contributed by atoms with van der Waals surface area (Å²) in [4.78, 5) is 33.1. The summed E-state index contributed by atoms with van der Waals surface area (Å²) in [6, 6.07) is 8.81. The molecule has 1 fully saturated rings. The van der Waals surface area contributed by atoms with E-state index in [0.29, 0.717) is 43.1 Å². The number of benzene rings is 1. The number of pyridine rings is 1. The number of piperazine rings is 1. The van der Waals surface area contributed by atoms with Crippen molar-refractivity contribution in [1.29, 1.82) is 0 Å². The Morgan fingerprint density at radius 1 is 1.03 bits per heavy atom. The van der Waals surface area contributed by atoms with Crippen LogP contribution in [0.4, 0.5) is 0 Å². The molecule has 8 heteroatoms. The van der Waals surface area contributed by atoms with E-state index in [1.54, 1.807) is 30.2 Å². The maximum Gasteiger partial charge on any atom is 0.255 e. The molecule has 1 aliphatic heterocycles. The minimum absolute atomic E-state index is 0.0944. The Labute approximate surface area is 170 Å². The molecule has 2 heterocycles. The molecule has 0 saturated carbocycles. The van der Waals surface area contributed by atoms with Crippen molar-refractivity contribution in [2.45, 2.75) is 0 Å². The Hall–Kier alpha value is -3.13. The van der Waals surface area contributed by atoms with Crippen LogP contribution in [0.3, 0.4) is 0 Å². The van der Waals surface area contributed by atoms with Crippen molar-refractivity contribution >= 4 is 11.8 Å². The Morgan fingerprint density at radius 3 is 2.38 bits per heavy atom. The minimum atomic E-state index is -0.288. The van der Waals surface area contributed by atoms with Crippen LogP contribution in [0.1, 0.15) is 20.7 Å². The highest BCUT2D eigenvalue weighted by molar-refractivity contribution is 5.99. The highest BCUT2D eigenvalue weighted by atomic mass is 16.5. The van der Waals surface area contributed by atoms with Gasteiger partial charge in [-0.25, -0.2) is 0 Å². The van der Waals surface area contributed by atoms with E-state index in [2.05, 4.69) is 15.2 Å². The van der Waals surface area contributed by atoms with E-state index in [-0.39, 0.29) is 11.8 Å². The summed E-state index contributed by atoms with van der Waals surface area (Å²) in [6.45, 7) is 3.69. The van der Waals surface area contributed by atoms with Gasteiger partial charge in [-0.1, -0.05) is 0 Å². The first-order valence-corrected chi connectivity index (χ1v) is 9.55. The van der Waals surface area contributed by atoms with E-state index in [1.807, 2.05) is 19.2 Å². The first kappa shape index (κ1) is 20.6. The van der Waals surface area contributed by atoms with E-state index in [9.17, 15) is 9.59 Å². The van der Waals surface area contributed by atoms with Crippen molar-refractivity contribution in [3.05, 3.63) is 53.9 Å². The zero-order valence-corrected chi connectivity index (χ0v) is 16.8. The second-order valence-corrected chi connectivity index (χ2v) is 6.84. The molecule has 1 aliphatic rings. The molecule has 0 atom stereocenters. The molecule has 1 aromatic heterocycles. The number of hydrogen-bond donors (Lipinski definition) is 1. The van der Waals surface area contributed by atoms with E-state index >= 15 is 0 Å². The van der Waals surface area contributed by atoms with E-state index in [1.165, 1.54) is 12.4 Å². The number of nitrogens with one attached hydrogen (secondary N) is 1. The molecule has 0 aliphatic carbocycles. The smallest absolute Gasteiger partial charge is 0.255 e. The van der Waals surface area contributed by atoms with E-state index in [0.717, 1.165) is 18.8 Å². The van der Waals surface area contributed by atoms with Gasteiger partial charge in [-0.3, -0.25) is 14.6 Å². The van der Waals surface area contributed by atoms with Crippen molar-refractivity contribution in [3.8, 4) is 11.5 Å². The number of rotatable bonds is 7. The average Bonchev–Trinajstić information content (AvgIpc) is 2.77. The van der Waals surface area contributed by atoms with Crippen molar-refractivity contribution in [2.75, 3.05) is 53.5 Å². The van der Waals surface area contributed by atoms with Crippen LogP contribution in [-0.2, 0) is 0 Å². The van der Waals surface area contributed by atoms with Gasteiger partial charge < -0.3 is 24.6 Å². The fraction of sp³-hybridized carbons (Fsp3) is 0.381. The lowest BCUT2D eigenvalue weighted by molar-refractivity contribution is 0.0663. The van der Waals surface area contributed by atoms with Gasteiger partial charge in [0.15, 0.2) is 0 Å². The number of ether oxygens (including phenoxy) is 2. The van der Waals surface area contributed by atoms with Gasteiger partial charge in [0.1, 0.15) is 18.1 Å². The Kier molecular flexibility index (Phi) is 7.02. The third-order valence-corrected chi connectivity index (χ3v) is 4.75. The second kappa shape index (κ2) is 9.88. The van der Waals surface area contributed by atoms with Crippen LogP contribution in [0.2, 0.25) is 0 Å². The predicted molar refractivity (Wildman–Crippen MR) is 108 cm³/mol. The number of carbonyl (C=O) groups is 2. The van der Waals surface area contributed by atoms with Crippen LogP contribution < -0.4 is 14.8 Å². The quantitative estimate of drug-likeness (QED) is 0.708. The van der Waals surface area contributed by atoms with Crippen molar-refractivity contribution in [1.82, 2.24) is 20.1 Å². The monoisotopic (exact) mass is 398 g/mol. The number of methoxy groups -OCH3 is 1. The van der Waals surface area contributed by atoms with E-state index in [4.69, 9.17) is 9.47 Å². The third kappa shape index (κ3) is 5.68. The number of aromatic nitrogens is 1. The summed E-state index contributed by atoms with van der Waals surface area (Å²) in [5.74, 6) is 1.07. The maximum atomic E-state index is 12.7. The lowest BCUT2D eigenvalue weighted by Gasteiger charge is -2.32. The van der Waals surface area contributed by atoms with Crippen molar-refractivity contribution in [2.24, 2.45) is 0 Å². The summed E-state index contributed by atoms with van der Waals surface area (Å²) < 4.78 is 10.7. The maximum absolute atomic E-state index is 12.7. The van der Waals surface area contributed by atoms with Crippen LogP contribution in [0.5, 0.6) is 11.5 Å². The molecule has 3 rings (SSSR count). The fourth-order valence-electron chi connectivity index (χ4n) is 2.98. The molecule has 0 bridgehead atoms. The molecular weight excluding hydrogens is 372 g/mol. The highest BCUT2D eigenvalue weighted by Gasteiger charge is 2.21. The molecular formula is C21H26N4O4. The van der Waals surface area contributed by atoms with Gasteiger partial charge in [-0.15, -0.1) is 0 Å². The van der Waals surface area contributed by atoms with Crippen LogP contribution in [0.25, 0.3) is 0 Å². The van der Waals surface area contributed by atoms with Gasteiger partial charge in [0.2, 0.25) is 0 Å². The van der Waals surface area contributed by atoms with Gasteiger partial charge in [0, 0.05) is 38.6 Å². The zero-order valence-electron chi connectivity index (χ0n) is 16.8. The topological polar surface area (TPSA) is 84.0 Å². The number of carbonyl (C=O) groups excluding carboxylic acids is 2. The molecule has 1 aromatic carbocycles. The van der Waals surface area contributed by atoms with Crippen molar-refractivity contribution in [3.63, 3.8) is 0 Å². The van der Waals surface area contributed by atoms with Crippen LogP contribution in [-0.4, -0.2) is 80.1 Å². The summed E-state index contributed by atoms with van der Waals surface area (Å²) in [7, 11) is 3.64. The SMILES string of the molecule is COc1ccc(OCCNC(=O)c2cncc(C(=O)N3CCN(C)CC3)c2)cc1.